The standard InChI is InChI=1S/C27H49N7O9/c1-14(2)13-16(29)23(38)34-22(15(3)4)26(41)32-17(7-5-6-12-28)24(39)31-18(8-10-20(30)35)25(40)33-19(27(42)43)9-11-21(36)37/h14-19,22H,5-13,28-29H2,1-4H3,(H2,30,35)(H,31,39)(H,32,41)(H,33,40)(H,34,38)(H,36,37)(H,42,43)/t16-,17-,18-,19-,22-/m0/s1. The zero-order valence-corrected chi connectivity index (χ0v) is 25.4. The molecule has 43 heavy (non-hydrogen) atoms. The number of unbranched alkanes of at least 4 members (excludes halogenated alkanes) is 1. The van der Waals surface area contributed by atoms with Crippen LogP contribution in [0.15, 0.2) is 0 Å². The molecule has 0 aliphatic heterocycles. The minimum Gasteiger partial charge on any atom is -0.481 e. The lowest BCUT2D eigenvalue weighted by Crippen LogP contribution is -2.59. The third-order valence-corrected chi connectivity index (χ3v) is 6.46. The van der Waals surface area contributed by atoms with Gasteiger partial charge in [-0.25, -0.2) is 4.79 Å². The molecule has 0 radical (unpaired) electrons. The maximum absolute atomic E-state index is 13.4. The van der Waals surface area contributed by atoms with Crippen LogP contribution < -0.4 is 38.5 Å². The summed E-state index contributed by atoms with van der Waals surface area (Å²) in [4.78, 5) is 86.1. The predicted molar refractivity (Wildman–Crippen MR) is 156 cm³/mol. The van der Waals surface area contributed by atoms with Gasteiger partial charge in [-0.3, -0.25) is 28.8 Å². The topological polar surface area (TPSA) is 286 Å². The molecule has 5 amide bonds. The van der Waals surface area contributed by atoms with Gasteiger partial charge in [0.05, 0.1) is 6.04 Å². The third-order valence-electron chi connectivity index (χ3n) is 6.46. The van der Waals surface area contributed by atoms with Crippen molar-refractivity contribution < 1.29 is 43.8 Å². The minimum atomic E-state index is -1.57. The number of nitrogens with one attached hydrogen (secondary N) is 4. The van der Waals surface area contributed by atoms with Crippen LogP contribution in [0.1, 0.15) is 79.1 Å². The Labute approximate surface area is 251 Å². The Morgan fingerprint density at radius 3 is 1.65 bits per heavy atom. The van der Waals surface area contributed by atoms with Crippen molar-refractivity contribution in [2.75, 3.05) is 6.54 Å². The number of nitrogens with two attached hydrogens (primary N) is 3. The number of amides is 5. The summed E-state index contributed by atoms with van der Waals surface area (Å²) in [6.07, 6.45) is -0.149. The number of rotatable bonds is 22. The summed E-state index contributed by atoms with van der Waals surface area (Å²) in [6.45, 7) is 7.53. The first-order valence-corrected chi connectivity index (χ1v) is 14.4. The van der Waals surface area contributed by atoms with Crippen molar-refractivity contribution in [1.82, 2.24) is 21.3 Å². The highest BCUT2D eigenvalue weighted by atomic mass is 16.4. The normalized spacial score (nSPS) is 14.6. The fourth-order valence-electron chi connectivity index (χ4n) is 4.06. The van der Waals surface area contributed by atoms with E-state index in [1.165, 1.54) is 0 Å². The molecular weight excluding hydrogens is 566 g/mol. The third kappa shape index (κ3) is 16.4. The van der Waals surface area contributed by atoms with Crippen LogP contribution in [-0.2, 0) is 33.6 Å². The monoisotopic (exact) mass is 615 g/mol. The van der Waals surface area contributed by atoms with Gasteiger partial charge in [-0.2, -0.15) is 0 Å². The number of carbonyl (C=O) groups is 7. The van der Waals surface area contributed by atoms with E-state index >= 15 is 0 Å². The average Bonchev–Trinajstić information content (AvgIpc) is 2.89. The van der Waals surface area contributed by atoms with Crippen LogP contribution in [0.2, 0.25) is 0 Å². The van der Waals surface area contributed by atoms with E-state index in [4.69, 9.17) is 22.3 Å². The van der Waals surface area contributed by atoms with Gasteiger partial charge in [0.25, 0.3) is 0 Å². The Hall–Kier alpha value is -3.79. The SMILES string of the molecule is CC(C)C[C@H](N)C(=O)N[C@H](C(=O)N[C@@H](CCCCN)C(=O)N[C@@H](CCC(N)=O)C(=O)N[C@@H](CCC(=O)O)C(=O)O)C(C)C. The highest BCUT2D eigenvalue weighted by Gasteiger charge is 2.33. The van der Waals surface area contributed by atoms with Gasteiger partial charge in [0.1, 0.15) is 24.2 Å². The zero-order chi connectivity index (χ0) is 33.3. The summed E-state index contributed by atoms with van der Waals surface area (Å²) >= 11 is 0. The lowest BCUT2D eigenvalue weighted by Gasteiger charge is -2.28. The summed E-state index contributed by atoms with van der Waals surface area (Å²) in [7, 11) is 0. The molecular formula is C27H49N7O9. The first-order chi connectivity index (χ1) is 20.0. The van der Waals surface area contributed by atoms with E-state index in [9.17, 15) is 38.7 Å². The van der Waals surface area contributed by atoms with E-state index in [0.29, 0.717) is 25.8 Å². The first kappa shape index (κ1) is 39.2. The summed E-state index contributed by atoms with van der Waals surface area (Å²) in [6, 6.07) is -6.07. The molecule has 0 spiro atoms. The van der Waals surface area contributed by atoms with E-state index < -0.39 is 84.5 Å². The van der Waals surface area contributed by atoms with Gasteiger partial charge in [-0.05, 0) is 56.9 Å². The molecule has 0 saturated carbocycles. The van der Waals surface area contributed by atoms with Crippen molar-refractivity contribution in [2.45, 2.75) is 109 Å². The van der Waals surface area contributed by atoms with Gasteiger partial charge in [-0.15, -0.1) is 0 Å². The highest BCUT2D eigenvalue weighted by Crippen LogP contribution is 2.10. The molecule has 0 aromatic rings. The molecule has 0 aromatic carbocycles. The molecule has 246 valence electrons. The van der Waals surface area contributed by atoms with E-state index in [-0.39, 0.29) is 31.1 Å². The van der Waals surface area contributed by atoms with Crippen LogP contribution in [0.5, 0.6) is 0 Å². The largest absolute Gasteiger partial charge is 0.481 e. The van der Waals surface area contributed by atoms with Crippen molar-refractivity contribution in [2.24, 2.45) is 29.0 Å². The van der Waals surface area contributed by atoms with Crippen molar-refractivity contribution >= 4 is 41.5 Å². The molecule has 0 fully saturated rings. The van der Waals surface area contributed by atoms with Crippen LogP contribution in [0.3, 0.4) is 0 Å². The first-order valence-electron chi connectivity index (χ1n) is 14.4. The van der Waals surface area contributed by atoms with E-state index in [1.54, 1.807) is 13.8 Å². The number of carbonyl (C=O) groups excluding carboxylic acids is 5. The second-order valence-electron chi connectivity index (χ2n) is 11.2. The number of hydrogen-bond acceptors (Lipinski definition) is 9. The molecule has 0 bridgehead atoms. The van der Waals surface area contributed by atoms with Gasteiger partial charge in [0.15, 0.2) is 0 Å². The molecule has 0 aromatic heterocycles. The second-order valence-corrected chi connectivity index (χ2v) is 11.2. The van der Waals surface area contributed by atoms with E-state index in [1.807, 2.05) is 13.8 Å². The molecule has 12 N–H and O–H groups in total. The molecule has 0 aliphatic rings. The maximum atomic E-state index is 13.4. The van der Waals surface area contributed by atoms with Crippen LogP contribution in [0.4, 0.5) is 0 Å². The summed E-state index contributed by atoms with van der Waals surface area (Å²) in [5.74, 6) is -6.75. The summed E-state index contributed by atoms with van der Waals surface area (Å²) < 4.78 is 0. The molecule has 0 heterocycles. The number of carboxylic acids is 2. The predicted octanol–water partition coefficient (Wildman–Crippen LogP) is -1.70. The summed E-state index contributed by atoms with van der Waals surface area (Å²) in [5.41, 5.74) is 16.7. The molecule has 16 heteroatoms. The van der Waals surface area contributed by atoms with Crippen LogP contribution >= 0.6 is 0 Å². The van der Waals surface area contributed by atoms with Crippen LogP contribution in [-0.4, -0.2) is 88.4 Å². The number of carboxylic acid groups (broad SMARTS) is 2. The van der Waals surface area contributed by atoms with Crippen molar-refractivity contribution in [1.29, 1.82) is 0 Å². The lowest BCUT2D eigenvalue weighted by molar-refractivity contribution is -0.143. The smallest absolute Gasteiger partial charge is 0.326 e. The lowest BCUT2D eigenvalue weighted by atomic mass is 9.99. The van der Waals surface area contributed by atoms with E-state index in [2.05, 4.69) is 21.3 Å². The molecule has 5 atom stereocenters. The molecule has 0 rings (SSSR count). The van der Waals surface area contributed by atoms with Crippen molar-refractivity contribution in [3.63, 3.8) is 0 Å². The van der Waals surface area contributed by atoms with Crippen molar-refractivity contribution in [3.05, 3.63) is 0 Å². The Bertz CT molecular complexity index is 974. The Kier molecular flexibility index (Phi) is 18.4. The number of primary amides is 1. The average molecular weight is 616 g/mol. The molecule has 0 aliphatic carbocycles. The van der Waals surface area contributed by atoms with Gasteiger partial charge in [0.2, 0.25) is 29.5 Å². The fourth-order valence-corrected chi connectivity index (χ4v) is 4.06. The second kappa shape index (κ2) is 20.2. The van der Waals surface area contributed by atoms with Crippen LogP contribution in [0, 0.1) is 11.8 Å². The maximum Gasteiger partial charge on any atom is 0.326 e. The van der Waals surface area contributed by atoms with Gasteiger partial charge in [-0.1, -0.05) is 27.7 Å². The molecule has 0 saturated heterocycles. The van der Waals surface area contributed by atoms with Gasteiger partial charge >= 0.3 is 11.9 Å². The minimum absolute atomic E-state index is 0.112. The number of aliphatic carboxylic acids is 2. The molecule has 16 nitrogen and oxygen atoms in total. The Morgan fingerprint density at radius 2 is 1.19 bits per heavy atom. The highest BCUT2D eigenvalue weighted by molar-refractivity contribution is 5.95. The van der Waals surface area contributed by atoms with Crippen LogP contribution in [0.25, 0.3) is 0 Å². The van der Waals surface area contributed by atoms with Gasteiger partial charge in [0, 0.05) is 12.8 Å². The molecule has 0 unspecified atom stereocenters. The van der Waals surface area contributed by atoms with Crippen molar-refractivity contribution in [3.8, 4) is 0 Å². The quantitative estimate of drug-likeness (QED) is 0.0618. The summed E-state index contributed by atoms with van der Waals surface area (Å²) in [5, 5.41) is 28.1. The fraction of sp³-hybridized carbons (Fsp3) is 0.741. The van der Waals surface area contributed by atoms with Gasteiger partial charge < -0.3 is 48.7 Å². The number of hydrogen-bond donors (Lipinski definition) is 9. The Morgan fingerprint density at radius 1 is 0.674 bits per heavy atom. The Balaban J connectivity index is 5.91. The zero-order valence-electron chi connectivity index (χ0n) is 25.4. The van der Waals surface area contributed by atoms with E-state index in [0.717, 1.165) is 0 Å².